The number of methoxy groups -OCH3 is 1. The van der Waals surface area contributed by atoms with Crippen molar-refractivity contribution in [3.63, 3.8) is 0 Å². The maximum absolute atomic E-state index is 13.8. The maximum Gasteiger partial charge on any atom is 0.325 e. The minimum absolute atomic E-state index is 0.0549. The molecule has 0 spiro atoms. The van der Waals surface area contributed by atoms with Gasteiger partial charge in [-0.2, -0.15) is 0 Å². The van der Waals surface area contributed by atoms with Gasteiger partial charge in [-0.25, -0.2) is 4.39 Å². The molecule has 1 aromatic carbocycles. The largest absolute Gasteiger partial charge is 0.468 e. The van der Waals surface area contributed by atoms with Crippen LogP contribution in [0.3, 0.4) is 0 Å². The molecule has 134 valence electrons. The average Bonchev–Trinajstić information content (AvgIpc) is 2.81. The average molecular weight is 346 g/mol. The lowest BCUT2D eigenvalue weighted by Crippen LogP contribution is -2.43. The van der Waals surface area contributed by atoms with Gasteiger partial charge in [0, 0.05) is 29.1 Å². The lowest BCUT2D eigenvalue weighted by Gasteiger charge is -2.36. The molecule has 2 aromatic rings. The number of rotatable bonds is 5. The third-order valence-electron chi connectivity index (χ3n) is 5.08. The van der Waals surface area contributed by atoms with Crippen LogP contribution in [-0.4, -0.2) is 29.6 Å². The molecule has 1 aliphatic rings. The molecule has 1 aliphatic carbocycles. The molecular weight excluding hydrogens is 323 g/mol. The van der Waals surface area contributed by atoms with E-state index in [2.05, 4.69) is 5.32 Å². The molecule has 0 saturated heterocycles. The zero-order valence-electron chi connectivity index (χ0n) is 14.8. The number of carbonyl (C=O) groups excluding carboxylic acids is 2. The van der Waals surface area contributed by atoms with E-state index >= 15 is 0 Å². The second-order valence-electron chi connectivity index (χ2n) is 6.61. The summed E-state index contributed by atoms with van der Waals surface area (Å²) in [7, 11) is 1.36. The second kappa shape index (κ2) is 6.86. The van der Waals surface area contributed by atoms with Gasteiger partial charge in [-0.3, -0.25) is 9.59 Å². The van der Waals surface area contributed by atoms with E-state index in [1.54, 1.807) is 6.07 Å². The number of carbonyl (C=O) groups is 2. The van der Waals surface area contributed by atoms with Crippen LogP contribution in [0.15, 0.2) is 18.2 Å². The number of nitrogens with one attached hydrogen (secondary N) is 1. The third kappa shape index (κ3) is 3.25. The fourth-order valence-electron chi connectivity index (χ4n) is 3.69. The van der Waals surface area contributed by atoms with Gasteiger partial charge in [0.1, 0.15) is 12.4 Å². The van der Waals surface area contributed by atoms with Crippen molar-refractivity contribution in [2.24, 2.45) is 0 Å². The molecule has 1 saturated carbocycles. The number of nitrogens with zero attached hydrogens (tertiary/aromatic N) is 1. The number of esters is 1. The topological polar surface area (TPSA) is 60.3 Å². The van der Waals surface area contributed by atoms with E-state index < -0.39 is 0 Å². The number of hydrogen-bond acceptors (Lipinski definition) is 3. The Bertz CT molecular complexity index is 822. The summed E-state index contributed by atoms with van der Waals surface area (Å²) in [4.78, 5) is 23.3. The van der Waals surface area contributed by atoms with E-state index in [0.29, 0.717) is 6.42 Å². The minimum Gasteiger partial charge on any atom is -0.468 e. The van der Waals surface area contributed by atoms with E-state index in [-0.39, 0.29) is 36.2 Å². The summed E-state index contributed by atoms with van der Waals surface area (Å²) in [6.07, 6.45) is 2.14. The number of amides is 1. The fraction of sp³-hybridized carbons (Fsp3) is 0.474. The normalized spacial score (nSPS) is 19.5. The molecule has 1 amide bonds. The first-order valence-electron chi connectivity index (χ1n) is 8.59. The summed E-state index contributed by atoms with van der Waals surface area (Å²) in [5.74, 6) is -0.318. The van der Waals surface area contributed by atoms with Crippen molar-refractivity contribution in [1.29, 1.82) is 0 Å². The second-order valence-corrected chi connectivity index (χ2v) is 6.61. The standard InChI is InChI=1S/C19H23FN2O3/c1-4-17(23)21-14-7-12(8-14)19-11(2)22(10-18(24)25-3)16-6-5-13(20)9-15(16)19/h5-6,9,12,14H,4,7-8,10H2,1-3H3,(H,21,23). The van der Waals surface area contributed by atoms with Gasteiger partial charge >= 0.3 is 5.97 Å². The van der Waals surface area contributed by atoms with Crippen LogP contribution < -0.4 is 5.32 Å². The van der Waals surface area contributed by atoms with Gasteiger partial charge in [0.2, 0.25) is 5.91 Å². The zero-order valence-corrected chi connectivity index (χ0v) is 14.8. The summed E-state index contributed by atoms with van der Waals surface area (Å²) in [5.41, 5.74) is 2.86. The van der Waals surface area contributed by atoms with E-state index in [4.69, 9.17) is 4.74 Å². The molecule has 1 N–H and O–H groups in total. The Morgan fingerprint density at radius 3 is 2.72 bits per heavy atom. The monoisotopic (exact) mass is 346 g/mol. The van der Waals surface area contributed by atoms with Crippen molar-refractivity contribution in [2.75, 3.05) is 7.11 Å². The Morgan fingerprint density at radius 2 is 2.08 bits per heavy atom. The summed E-state index contributed by atoms with van der Waals surface area (Å²) in [5, 5.41) is 3.84. The first kappa shape index (κ1) is 17.5. The van der Waals surface area contributed by atoms with Crippen LogP contribution in [0.5, 0.6) is 0 Å². The molecule has 0 atom stereocenters. The van der Waals surface area contributed by atoms with E-state index in [9.17, 15) is 14.0 Å². The van der Waals surface area contributed by atoms with Crippen LogP contribution in [-0.2, 0) is 20.9 Å². The first-order chi connectivity index (χ1) is 11.9. The highest BCUT2D eigenvalue weighted by atomic mass is 19.1. The van der Waals surface area contributed by atoms with Crippen LogP contribution in [0, 0.1) is 12.7 Å². The molecule has 1 aromatic heterocycles. The maximum atomic E-state index is 13.8. The lowest BCUT2D eigenvalue weighted by molar-refractivity contribution is -0.141. The van der Waals surface area contributed by atoms with Gasteiger partial charge < -0.3 is 14.6 Å². The molecule has 0 bridgehead atoms. The zero-order chi connectivity index (χ0) is 18.1. The van der Waals surface area contributed by atoms with Crippen molar-refractivity contribution in [3.8, 4) is 0 Å². The van der Waals surface area contributed by atoms with Gasteiger partial charge in [-0.15, -0.1) is 0 Å². The summed E-state index contributed by atoms with van der Waals surface area (Å²) in [6, 6.07) is 4.82. The molecule has 1 fully saturated rings. The van der Waals surface area contributed by atoms with Crippen LogP contribution >= 0.6 is 0 Å². The molecule has 0 radical (unpaired) electrons. The molecule has 5 nitrogen and oxygen atoms in total. The summed E-state index contributed by atoms with van der Waals surface area (Å²) >= 11 is 0. The number of benzene rings is 1. The predicted octanol–water partition coefficient (Wildman–Crippen LogP) is 3.03. The molecule has 1 heterocycles. The van der Waals surface area contributed by atoms with Gasteiger partial charge in [0.15, 0.2) is 0 Å². The predicted molar refractivity (Wildman–Crippen MR) is 92.8 cm³/mol. The van der Waals surface area contributed by atoms with Crippen LogP contribution in [0.1, 0.15) is 43.4 Å². The van der Waals surface area contributed by atoms with Gasteiger partial charge in [-0.1, -0.05) is 6.92 Å². The van der Waals surface area contributed by atoms with Crippen LogP contribution in [0.4, 0.5) is 4.39 Å². The number of fused-ring (bicyclic) bond motifs is 1. The van der Waals surface area contributed by atoms with Crippen molar-refractivity contribution in [1.82, 2.24) is 9.88 Å². The molecule has 3 rings (SSSR count). The van der Waals surface area contributed by atoms with Crippen molar-refractivity contribution >= 4 is 22.8 Å². The summed E-state index contributed by atoms with van der Waals surface area (Å²) < 4.78 is 20.5. The van der Waals surface area contributed by atoms with Crippen molar-refractivity contribution in [3.05, 3.63) is 35.3 Å². The molecule has 6 heteroatoms. The molecule has 0 unspecified atom stereocenters. The van der Waals surface area contributed by atoms with Gasteiger partial charge in [0.25, 0.3) is 0 Å². The Morgan fingerprint density at radius 1 is 1.36 bits per heavy atom. The molecule has 0 aliphatic heterocycles. The van der Waals surface area contributed by atoms with Crippen LogP contribution in [0.25, 0.3) is 10.9 Å². The van der Waals surface area contributed by atoms with Gasteiger partial charge in [0.05, 0.1) is 7.11 Å². The number of halogens is 1. The minimum atomic E-state index is -0.336. The Balaban J connectivity index is 1.93. The smallest absolute Gasteiger partial charge is 0.325 e. The summed E-state index contributed by atoms with van der Waals surface area (Å²) in [6.45, 7) is 3.89. The lowest BCUT2D eigenvalue weighted by atomic mass is 9.75. The van der Waals surface area contributed by atoms with Crippen molar-refractivity contribution < 1.29 is 18.7 Å². The number of hydrogen-bond donors (Lipinski definition) is 1. The van der Waals surface area contributed by atoms with Crippen LogP contribution in [0.2, 0.25) is 0 Å². The number of ether oxygens (including phenoxy) is 1. The molecule has 25 heavy (non-hydrogen) atoms. The SMILES string of the molecule is CCC(=O)NC1CC(c2c(C)n(CC(=O)OC)c3ccc(F)cc23)C1. The Hall–Kier alpha value is -2.37. The van der Waals surface area contributed by atoms with Gasteiger partial charge in [-0.05, 0) is 49.4 Å². The fourth-order valence-corrected chi connectivity index (χ4v) is 3.69. The Labute approximate surface area is 146 Å². The number of aromatic nitrogens is 1. The van der Waals surface area contributed by atoms with E-state index in [1.807, 2.05) is 18.4 Å². The third-order valence-corrected chi connectivity index (χ3v) is 5.08. The highest BCUT2D eigenvalue weighted by Gasteiger charge is 2.34. The van der Waals surface area contributed by atoms with E-state index in [1.165, 1.54) is 19.2 Å². The quantitative estimate of drug-likeness (QED) is 0.847. The highest BCUT2D eigenvalue weighted by Crippen LogP contribution is 2.43. The Kier molecular flexibility index (Phi) is 4.79. The van der Waals surface area contributed by atoms with E-state index in [0.717, 1.165) is 35.0 Å². The van der Waals surface area contributed by atoms with Crippen molar-refractivity contribution in [2.45, 2.75) is 51.6 Å². The first-order valence-corrected chi connectivity index (χ1v) is 8.59. The highest BCUT2D eigenvalue weighted by molar-refractivity contribution is 5.88. The molecular formula is C19H23FN2O3.